The van der Waals surface area contributed by atoms with E-state index in [0.29, 0.717) is 31.0 Å². The summed E-state index contributed by atoms with van der Waals surface area (Å²) in [7, 11) is 1.60. The summed E-state index contributed by atoms with van der Waals surface area (Å²) >= 11 is 0. The zero-order chi connectivity index (χ0) is 23.7. The van der Waals surface area contributed by atoms with Gasteiger partial charge in [-0.25, -0.2) is 4.68 Å². The predicted octanol–water partition coefficient (Wildman–Crippen LogP) is 4.02. The summed E-state index contributed by atoms with van der Waals surface area (Å²) in [4.78, 5) is 17.4. The summed E-state index contributed by atoms with van der Waals surface area (Å²) < 4.78 is 18.2. The van der Waals surface area contributed by atoms with Gasteiger partial charge in [-0.3, -0.25) is 4.79 Å². The van der Waals surface area contributed by atoms with E-state index in [9.17, 15) is 4.79 Å². The van der Waals surface area contributed by atoms with Gasteiger partial charge in [0.2, 0.25) is 18.6 Å². The van der Waals surface area contributed by atoms with Crippen LogP contribution < -0.4 is 19.5 Å². The average molecular weight is 459 g/mol. The standard InChI is InChI=1S/C26H26N4O4/c1-16-20(10-12-23(31)27-14-18-9-11-21-22(13-18)34-15-33-21)26(32-3)28-25-24(16)17(2)29-30(25)19-7-5-4-6-8-19/h4-9,11,13H,10,12,14-15H2,1-3H3,(H,27,31). The first kappa shape index (κ1) is 21.8. The normalized spacial score (nSPS) is 12.2. The highest BCUT2D eigenvalue weighted by atomic mass is 16.7. The van der Waals surface area contributed by atoms with Crippen LogP contribution in [0.4, 0.5) is 0 Å². The number of fused-ring (bicyclic) bond motifs is 2. The molecule has 174 valence electrons. The van der Waals surface area contributed by atoms with Crippen molar-refractivity contribution >= 4 is 16.9 Å². The number of nitrogens with zero attached hydrogens (tertiary/aromatic N) is 3. The molecule has 0 radical (unpaired) electrons. The summed E-state index contributed by atoms with van der Waals surface area (Å²) in [6.45, 7) is 4.67. The van der Waals surface area contributed by atoms with Crippen LogP contribution in [-0.2, 0) is 17.8 Å². The lowest BCUT2D eigenvalue weighted by Gasteiger charge is -2.13. The van der Waals surface area contributed by atoms with Gasteiger partial charge in [-0.15, -0.1) is 0 Å². The fourth-order valence-electron chi connectivity index (χ4n) is 4.32. The zero-order valence-corrected chi connectivity index (χ0v) is 19.4. The quantitative estimate of drug-likeness (QED) is 0.450. The van der Waals surface area contributed by atoms with E-state index < -0.39 is 0 Å². The summed E-state index contributed by atoms with van der Waals surface area (Å²) in [5.74, 6) is 1.91. The number of rotatable bonds is 7. The molecule has 0 aliphatic carbocycles. The van der Waals surface area contributed by atoms with Crippen LogP contribution in [0.5, 0.6) is 17.4 Å². The number of para-hydroxylation sites is 1. The molecule has 0 spiro atoms. The van der Waals surface area contributed by atoms with Crippen molar-refractivity contribution in [1.82, 2.24) is 20.1 Å². The highest BCUT2D eigenvalue weighted by Crippen LogP contribution is 2.33. The first-order valence-electron chi connectivity index (χ1n) is 11.2. The molecule has 0 atom stereocenters. The highest BCUT2D eigenvalue weighted by molar-refractivity contribution is 5.86. The SMILES string of the molecule is COc1nc2c(c(C)nn2-c2ccccc2)c(C)c1CCC(=O)NCc1ccc2c(c1)OCO2. The minimum atomic E-state index is -0.0454. The number of ether oxygens (including phenoxy) is 3. The summed E-state index contributed by atoms with van der Waals surface area (Å²) in [5.41, 5.74) is 5.48. The van der Waals surface area contributed by atoms with Crippen LogP contribution in [0.15, 0.2) is 48.5 Å². The molecule has 2 aromatic heterocycles. The number of hydrogen-bond acceptors (Lipinski definition) is 6. The Morgan fingerprint density at radius 1 is 1.12 bits per heavy atom. The van der Waals surface area contributed by atoms with Gasteiger partial charge in [0, 0.05) is 23.9 Å². The Morgan fingerprint density at radius 2 is 1.91 bits per heavy atom. The van der Waals surface area contributed by atoms with Crippen molar-refractivity contribution < 1.29 is 19.0 Å². The molecule has 4 aromatic rings. The second-order valence-corrected chi connectivity index (χ2v) is 8.22. The van der Waals surface area contributed by atoms with E-state index in [1.807, 2.05) is 67.1 Å². The highest BCUT2D eigenvalue weighted by Gasteiger charge is 2.20. The third-order valence-corrected chi connectivity index (χ3v) is 6.05. The molecule has 3 heterocycles. The number of hydrogen-bond donors (Lipinski definition) is 1. The van der Waals surface area contributed by atoms with Gasteiger partial charge in [-0.2, -0.15) is 10.1 Å². The maximum atomic E-state index is 12.6. The Hall–Kier alpha value is -4.07. The summed E-state index contributed by atoms with van der Waals surface area (Å²) in [6.07, 6.45) is 0.835. The molecule has 0 saturated heterocycles. The lowest BCUT2D eigenvalue weighted by molar-refractivity contribution is -0.121. The van der Waals surface area contributed by atoms with E-state index in [2.05, 4.69) is 5.32 Å². The Balaban J connectivity index is 1.33. The van der Waals surface area contributed by atoms with E-state index in [0.717, 1.165) is 44.9 Å². The van der Waals surface area contributed by atoms with Crippen LogP contribution in [0.1, 0.15) is 28.8 Å². The molecule has 1 aliphatic rings. The van der Waals surface area contributed by atoms with Crippen molar-refractivity contribution in [2.75, 3.05) is 13.9 Å². The third-order valence-electron chi connectivity index (χ3n) is 6.05. The molecular weight excluding hydrogens is 432 g/mol. The van der Waals surface area contributed by atoms with E-state index in [1.54, 1.807) is 7.11 Å². The van der Waals surface area contributed by atoms with E-state index >= 15 is 0 Å². The van der Waals surface area contributed by atoms with Crippen molar-refractivity contribution in [3.05, 3.63) is 70.9 Å². The molecule has 34 heavy (non-hydrogen) atoms. The molecule has 1 aliphatic heterocycles. The summed E-state index contributed by atoms with van der Waals surface area (Å²) in [6, 6.07) is 15.6. The number of carbonyl (C=O) groups excluding carboxylic acids is 1. The van der Waals surface area contributed by atoms with Crippen LogP contribution in [0.2, 0.25) is 0 Å². The van der Waals surface area contributed by atoms with Crippen LogP contribution in [0.3, 0.4) is 0 Å². The zero-order valence-electron chi connectivity index (χ0n) is 19.4. The molecule has 0 unspecified atom stereocenters. The number of pyridine rings is 1. The number of methoxy groups -OCH3 is 1. The number of benzene rings is 2. The number of aromatic nitrogens is 3. The fraction of sp³-hybridized carbons (Fsp3) is 0.269. The maximum absolute atomic E-state index is 12.6. The molecule has 1 amide bonds. The van der Waals surface area contributed by atoms with Gasteiger partial charge in [-0.1, -0.05) is 24.3 Å². The topological polar surface area (TPSA) is 87.5 Å². The van der Waals surface area contributed by atoms with Gasteiger partial charge in [-0.05, 0) is 55.7 Å². The first-order valence-corrected chi connectivity index (χ1v) is 11.2. The smallest absolute Gasteiger partial charge is 0.231 e. The minimum Gasteiger partial charge on any atom is -0.481 e. The average Bonchev–Trinajstić information content (AvgIpc) is 3.46. The van der Waals surface area contributed by atoms with Crippen molar-refractivity contribution in [2.24, 2.45) is 0 Å². The lowest BCUT2D eigenvalue weighted by Crippen LogP contribution is -2.23. The molecule has 1 N–H and O–H groups in total. The Kier molecular flexibility index (Phi) is 5.79. The van der Waals surface area contributed by atoms with E-state index in [4.69, 9.17) is 24.3 Å². The maximum Gasteiger partial charge on any atom is 0.231 e. The Labute approximate surface area is 197 Å². The predicted molar refractivity (Wildman–Crippen MR) is 128 cm³/mol. The van der Waals surface area contributed by atoms with Gasteiger partial charge >= 0.3 is 0 Å². The second kappa shape index (κ2) is 9.05. The van der Waals surface area contributed by atoms with Gasteiger partial charge in [0.25, 0.3) is 0 Å². The van der Waals surface area contributed by atoms with Crippen molar-refractivity contribution in [1.29, 1.82) is 0 Å². The molecule has 5 rings (SSSR count). The molecule has 0 bridgehead atoms. The fourth-order valence-corrected chi connectivity index (χ4v) is 4.32. The molecule has 8 nitrogen and oxygen atoms in total. The molecule has 0 fully saturated rings. The molecule has 2 aromatic carbocycles. The Bertz CT molecular complexity index is 1360. The van der Waals surface area contributed by atoms with E-state index in [-0.39, 0.29) is 12.7 Å². The number of amides is 1. The van der Waals surface area contributed by atoms with Crippen molar-refractivity contribution in [3.63, 3.8) is 0 Å². The summed E-state index contributed by atoms with van der Waals surface area (Å²) in [5, 5.41) is 8.69. The van der Waals surface area contributed by atoms with Crippen LogP contribution >= 0.6 is 0 Å². The second-order valence-electron chi connectivity index (χ2n) is 8.22. The monoisotopic (exact) mass is 458 g/mol. The number of nitrogens with one attached hydrogen (secondary N) is 1. The van der Waals surface area contributed by atoms with Gasteiger partial charge < -0.3 is 19.5 Å². The van der Waals surface area contributed by atoms with Gasteiger partial charge in [0.1, 0.15) is 0 Å². The largest absolute Gasteiger partial charge is 0.481 e. The third kappa shape index (κ3) is 4.03. The molecule has 8 heteroatoms. The Morgan fingerprint density at radius 3 is 2.71 bits per heavy atom. The first-order chi connectivity index (χ1) is 16.5. The number of aryl methyl sites for hydroxylation is 2. The van der Waals surface area contributed by atoms with Crippen LogP contribution in [0, 0.1) is 13.8 Å². The van der Waals surface area contributed by atoms with Crippen molar-refractivity contribution in [2.45, 2.75) is 33.2 Å². The lowest BCUT2D eigenvalue weighted by atomic mass is 10.0. The van der Waals surface area contributed by atoms with Gasteiger partial charge in [0.15, 0.2) is 17.1 Å². The molecular formula is C26H26N4O4. The molecule has 0 saturated carbocycles. The minimum absolute atomic E-state index is 0.0454. The van der Waals surface area contributed by atoms with E-state index in [1.165, 1.54) is 0 Å². The van der Waals surface area contributed by atoms with Crippen molar-refractivity contribution in [3.8, 4) is 23.1 Å². The number of carbonyl (C=O) groups is 1. The van der Waals surface area contributed by atoms with Crippen LogP contribution in [-0.4, -0.2) is 34.6 Å². The van der Waals surface area contributed by atoms with Crippen LogP contribution in [0.25, 0.3) is 16.7 Å². The van der Waals surface area contributed by atoms with Gasteiger partial charge in [0.05, 0.1) is 18.5 Å².